The Morgan fingerprint density at radius 3 is 1.10 bits per heavy atom. The van der Waals surface area contributed by atoms with Crippen LogP contribution in [0.3, 0.4) is 0 Å². The number of carbonyl (C=O) groups excluding carboxylic acids is 9. The molecule has 4 aliphatic carbocycles. The first kappa shape index (κ1) is 111. The van der Waals surface area contributed by atoms with E-state index < -0.39 is 76.0 Å². The molecule has 12 heterocycles. The molecule has 3 amide bonds. The van der Waals surface area contributed by atoms with E-state index in [9.17, 15) is 43.2 Å². The molecule has 0 N–H and O–H groups in total. The van der Waals surface area contributed by atoms with Crippen LogP contribution in [0.2, 0.25) is 0 Å². The molecule has 6 bridgehead atoms. The van der Waals surface area contributed by atoms with Crippen LogP contribution >= 0.6 is 0 Å². The van der Waals surface area contributed by atoms with Crippen molar-refractivity contribution in [1.29, 1.82) is 0 Å². The van der Waals surface area contributed by atoms with Crippen molar-refractivity contribution >= 4 is 87.6 Å². The topological polar surface area (TPSA) is 351 Å². The van der Waals surface area contributed by atoms with Crippen molar-refractivity contribution in [3.63, 3.8) is 0 Å². The summed E-state index contributed by atoms with van der Waals surface area (Å²) >= 11 is 0. The van der Waals surface area contributed by atoms with Gasteiger partial charge < -0.3 is 85.9 Å². The van der Waals surface area contributed by atoms with Gasteiger partial charge in [0.15, 0.2) is 0 Å². The normalized spacial score (nSPS) is 31.7. The zero-order chi connectivity index (χ0) is 98.2. The summed E-state index contributed by atoms with van der Waals surface area (Å²) in [4.78, 5) is 157. The number of esters is 3. The summed E-state index contributed by atoms with van der Waals surface area (Å²) in [5, 5.41) is 0. The number of nitrogens with zero attached hydrogens (tertiary/aromatic N) is 9. The van der Waals surface area contributed by atoms with Gasteiger partial charge in [0, 0.05) is 114 Å². The first-order chi connectivity index (χ1) is 67.8. The molecule has 6 aromatic rings. The van der Waals surface area contributed by atoms with Crippen molar-refractivity contribution in [2.45, 2.75) is 327 Å². The van der Waals surface area contributed by atoms with Crippen molar-refractivity contribution in [3.05, 3.63) is 71.7 Å². The van der Waals surface area contributed by atoms with E-state index in [0.29, 0.717) is 192 Å². The second-order valence-corrected chi connectivity index (χ2v) is 43.4. The minimum atomic E-state index is -0.796. The molecule has 19 rings (SSSR count). The quantitative estimate of drug-likeness (QED) is 0.0624. The summed E-state index contributed by atoms with van der Waals surface area (Å²) in [6, 6.07) is 14.5. The fraction of sp³-hybridized carbons (Fsp3) is 0.700. The van der Waals surface area contributed by atoms with Gasteiger partial charge in [-0.05, 0) is 255 Å². The molecule has 775 valence electrons. The zero-order valence-corrected chi connectivity index (χ0v) is 89.4. The van der Waals surface area contributed by atoms with Crippen LogP contribution in [-0.2, 0) is 147 Å². The summed E-state index contributed by atoms with van der Waals surface area (Å²) in [5.74, 6) is 1.29. The van der Waals surface area contributed by atoms with Gasteiger partial charge in [-0.25, -0.2) is 48.8 Å². The molecule has 143 heavy (non-hydrogen) atoms. The molecule has 3 aromatic carbocycles. The van der Waals surface area contributed by atoms with E-state index in [2.05, 4.69) is 46.6 Å². The number of ether oxygens (including phenoxy) is 12. The fourth-order valence-corrected chi connectivity index (χ4v) is 25.9. The summed E-state index contributed by atoms with van der Waals surface area (Å²) in [7, 11) is 4.86. The van der Waals surface area contributed by atoms with Crippen LogP contribution in [0, 0.1) is 81.3 Å². The van der Waals surface area contributed by atoms with Gasteiger partial charge in [-0.15, -0.1) is 0 Å². The Hall–Kier alpha value is -8.06. The van der Waals surface area contributed by atoms with E-state index in [-0.39, 0.29) is 166 Å². The number of aryl methyl sites for hydroxylation is 3. The van der Waals surface area contributed by atoms with Crippen LogP contribution in [0.15, 0.2) is 54.6 Å². The van der Waals surface area contributed by atoms with Gasteiger partial charge in [0.25, 0.3) is 0 Å². The Bertz CT molecular complexity index is 5310. The molecule has 6 saturated heterocycles. The zero-order valence-electron chi connectivity index (χ0n) is 85.2. The van der Waals surface area contributed by atoms with Gasteiger partial charge in [-0.3, -0.25) is 28.8 Å². The molecule has 33 heteroatoms. The smallest absolute Gasteiger partial charge is 0.307 e. The van der Waals surface area contributed by atoms with Crippen LogP contribution in [0.4, 0.5) is 0 Å². The number of aromatic nitrogens is 6. The Morgan fingerprint density at radius 2 is 0.720 bits per heavy atom. The Kier molecular flexibility index (Phi) is 38.2. The predicted octanol–water partition coefficient (Wildman–Crippen LogP) is 16.4. The van der Waals surface area contributed by atoms with Gasteiger partial charge in [0.05, 0.1) is 111 Å². The average Bonchev–Trinajstić information content (AvgIpc) is 1.62. The Labute approximate surface area is 877 Å². The predicted molar refractivity (Wildman–Crippen MR) is 520 cm³/mol. The molecular formula is C110H146N9O21V3-3. The van der Waals surface area contributed by atoms with Gasteiger partial charge in [-0.1, -0.05) is 117 Å². The number of hydrogen-bond donors (Lipinski definition) is 0. The minimum Gasteiger partial charge on any atom is -0.540 e. The number of rotatable bonds is 12. The number of amides is 3. The average molecular weight is 2080 g/mol. The van der Waals surface area contributed by atoms with Crippen molar-refractivity contribution < 1.29 is 156 Å². The third kappa shape index (κ3) is 24.8. The number of fused-ring (bicyclic) bond motifs is 17. The molecule has 10 fully saturated rings. The Balaban J connectivity index is 0.000000168. The van der Waals surface area contributed by atoms with E-state index in [1.807, 2.05) is 75.4 Å². The third-order valence-electron chi connectivity index (χ3n) is 34.9. The van der Waals surface area contributed by atoms with Crippen LogP contribution in [0.5, 0.6) is 34.9 Å². The van der Waals surface area contributed by atoms with E-state index >= 15 is 0 Å². The first-order valence-electron chi connectivity index (χ1n) is 52.7. The number of methoxy groups -OCH3 is 3. The van der Waals surface area contributed by atoms with Gasteiger partial charge in [0.2, 0.25) is 35.4 Å². The summed E-state index contributed by atoms with van der Waals surface area (Å²) in [6.07, 6.45) is 32.7. The van der Waals surface area contributed by atoms with Crippen LogP contribution < -0.4 is 28.4 Å². The minimum absolute atomic E-state index is 0. The van der Waals surface area contributed by atoms with E-state index in [1.54, 1.807) is 36.0 Å². The van der Waals surface area contributed by atoms with Crippen molar-refractivity contribution in [2.75, 3.05) is 80.6 Å². The van der Waals surface area contributed by atoms with E-state index in [1.165, 1.54) is 6.42 Å². The molecule has 3 aromatic heterocycles. The molecule has 2 unspecified atom stereocenters. The van der Waals surface area contributed by atoms with Crippen LogP contribution in [0.1, 0.15) is 271 Å². The van der Waals surface area contributed by atoms with Crippen molar-refractivity contribution in [3.8, 4) is 34.9 Å². The fourth-order valence-electron chi connectivity index (χ4n) is 25.9. The summed E-state index contributed by atoms with van der Waals surface area (Å²) < 4.78 is 72.1. The molecule has 13 aliphatic rings. The van der Waals surface area contributed by atoms with Crippen molar-refractivity contribution in [1.82, 2.24) is 44.6 Å². The van der Waals surface area contributed by atoms with Gasteiger partial charge in [0.1, 0.15) is 70.5 Å². The van der Waals surface area contributed by atoms with E-state index in [4.69, 9.17) is 86.7 Å². The number of benzene rings is 3. The largest absolute Gasteiger partial charge is 0.540 e. The molecule has 20 atom stereocenters. The van der Waals surface area contributed by atoms with Crippen molar-refractivity contribution in [2.24, 2.45) is 81.3 Å². The third-order valence-corrected chi connectivity index (χ3v) is 34.9. The number of hydrogen-bond acceptors (Lipinski definition) is 27. The van der Waals surface area contributed by atoms with Crippen LogP contribution in [-0.4, -0.2) is 234 Å². The maximum absolute atomic E-state index is 14.7. The monoisotopic (exact) mass is 2080 g/mol. The number of carbonyl (C=O) groups is 6. The second kappa shape index (κ2) is 49.4. The molecular weight excluding hydrogens is 1940 g/mol. The molecule has 3 radical (unpaired) electrons. The maximum Gasteiger partial charge on any atom is 0.307 e. The van der Waals surface area contributed by atoms with Gasteiger partial charge >= 0.3 is 17.9 Å². The second-order valence-electron chi connectivity index (χ2n) is 43.4. The van der Waals surface area contributed by atoms with Gasteiger partial charge in [-0.2, -0.15) is 0 Å². The molecule has 30 nitrogen and oxygen atoms in total. The molecule has 9 aliphatic heterocycles. The molecule has 4 saturated carbocycles. The SMILES string of the molecule is CC[C@@H]1[C@@H]2CN(C(=O)[C@H](C3(C)CCOCC3)CC(=O)O[C@@H]3CC4CC4[C@H]3CCCCCc3nc4ccc(OC)cc4nc3O2)[C@@H]1[C-]=O.CC[C@@H]1[C@@H]2CN(C(=O)[C@H](C3(C)CCOCC3)CC(=O)O[C@@H]3CCC[C@H]3CCCCCc3nc4ccc(OC)cc4nc3O2)[C@@H]1[C-]=O.CC[C@@H]1[C@@H]2CN(C(=O)[C@H](C3(C)CCOCC3)CC(=O)O[C@]3(C)CCC[C@H]3CCCCCc3nc4ccc(OC)cc4nc3O2)[C@@H]1[C-]=O.[V].[V].[V]. The Morgan fingerprint density at radius 1 is 0.364 bits per heavy atom. The standard InChI is InChI=1S/C37H48N3O7.C37H50N3O7.C36H48N3O7.3V/c1-4-24-31(21-41)40-20-33(24)47-35-29(38-28-11-10-23(44-3)18-30(28)39-35)9-7-5-6-8-25-26-16-22(26)17-32(25)46-34(42)19-27(36(40)43)37(2)12-14-45-15-13-37;1-5-26-31(23-41)40-22-32(26)46-34-29(38-28-14-13-25(44-4)20-30(28)39-34)12-8-6-7-10-24-11-9-15-37(24,3)47-33(42)21-27(35(40)43)36(2)16-18-45-19-17-36;1-4-25-30(22-40)39-21-32(25)46-34-28(37-27-14-13-24(43-3)19-29(27)38-34)11-7-5-6-9-23-10-8-12-31(23)45-33(41)20-26(35(39)42)36(2)15-17-44-18-16-36;;;/h10-11,18,22,24-27,31-33H,4-9,12-17,19-20H2,1-3H3;13-14,20,24,26-27,31-32H,5-12,15-19,21-22H2,1-4H3;13-14,19,23,25-26,30-32H,4-12,15-18,20-21H2,1-3H3;;;/q3*-1;;;/t22?,24-,25+,26?,27+,31+,32+,33-;24-,26+,27-,31-,32+,37-;23-,25+,26-,30-,31-,32+;;;/m011.../s1. The van der Waals surface area contributed by atoms with E-state index in [0.717, 1.165) is 156 Å². The summed E-state index contributed by atoms with van der Waals surface area (Å²) in [6.45, 7) is 18.1. The maximum atomic E-state index is 14.7. The summed E-state index contributed by atoms with van der Waals surface area (Å²) in [5.41, 5.74) is 4.70. The first-order valence-corrected chi connectivity index (χ1v) is 52.7. The van der Waals surface area contributed by atoms with Crippen LogP contribution in [0.25, 0.3) is 33.1 Å². The molecule has 0 spiro atoms.